The first-order valence-corrected chi connectivity index (χ1v) is 7.52. The summed E-state index contributed by atoms with van der Waals surface area (Å²) in [5.74, 6) is 0. The second-order valence-corrected chi connectivity index (χ2v) is 5.52. The lowest BCUT2D eigenvalue weighted by molar-refractivity contribution is 0.0162. The fourth-order valence-electron chi connectivity index (χ4n) is 2.59. The number of carbonyl (C=O) groups is 1. The fraction of sp³-hybridized carbons (Fsp3) is 0.562. The van der Waals surface area contributed by atoms with E-state index in [1.54, 1.807) is 0 Å². The molecule has 1 amide bonds. The number of methoxy groups -OCH3 is 1. The number of benzene rings is 1. The molecule has 1 fully saturated rings. The molecule has 0 aromatic heterocycles. The van der Waals surface area contributed by atoms with E-state index in [-0.39, 0.29) is 6.04 Å². The fourth-order valence-corrected chi connectivity index (χ4v) is 2.59. The lowest BCUT2D eigenvalue weighted by Crippen LogP contribution is -2.43. The van der Waals surface area contributed by atoms with Crippen molar-refractivity contribution in [1.82, 2.24) is 10.2 Å². The summed E-state index contributed by atoms with van der Waals surface area (Å²) in [7, 11) is 5.42. The first-order valence-electron chi connectivity index (χ1n) is 7.52. The summed E-state index contributed by atoms with van der Waals surface area (Å²) in [4.78, 5) is 15.8. The Labute approximate surface area is 132 Å². The highest BCUT2D eigenvalue weighted by molar-refractivity contribution is 5.66. The molecule has 0 spiro atoms. The summed E-state index contributed by atoms with van der Waals surface area (Å²) in [5.41, 5.74) is 2.34. The number of nitrogens with zero attached hydrogens (tertiary/aromatic N) is 2. The SMILES string of the molecule is COC(=O)NC[C@H](c1ccc(N(C)C)cc1)N1CCOCC1. The molecule has 1 aliphatic rings. The Morgan fingerprint density at radius 3 is 2.50 bits per heavy atom. The van der Waals surface area contributed by atoms with E-state index in [4.69, 9.17) is 4.74 Å². The quantitative estimate of drug-likeness (QED) is 0.893. The molecule has 1 aliphatic heterocycles. The maximum atomic E-state index is 11.4. The summed E-state index contributed by atoms with van der Waals surface area (Å²) < 4.78 is 10.1. The zero-order valence-corrected chi connectivity index (χ0v) is 13.5. The summed E-state index contributed by atoms with van der Waals surface area (Å²) in [6.07, 6.45) is -0.400. The molecule has 22 heavy (non-hydrogen) atoms. The molecule has 122 valence electrons. The number of carbonyl (C=O) groups excluding carboxylic acids is 1. The van der Waals surface area contributed by atoms with Crippen molar-refractivity contribution in [3.8, 4) is 0 Å². The van der Waals surface area contributed by atoms with Crippen LogP contribution >= 0.6 is 0 Å². The Kier molecular flexibility index (Phi) is 6.03. The molecule has 1 atom stereocenters. The third-order valence-electron chi connectivity index (χ3n) is 3.91. The average Bonchev–Trinajstić information content (AvgIpc) is 2.56. The molecule has 1 aromatic carbocycles. The van der Waals surface area contributed by atoms with Gasteiger partial charge in [0.2, 0.25) is 0 Å². The Morgan fingerprint density at radius 1 is 1.32 bits per heavy atom. The molecular weight excluding hydrogens is 282 g/mol. The van der Waals surface area contributed by atoms with Gasteiger partial charge in [-0.3, -0.25) is 4.90 Å². The van der Waals surface area contributed by atoms with Crippen LogP contribution in [0.2, 0.25) is 0 Å². The largest absolute Gasteiger partial charge is 0.453 e. The zero-order valence-electron chi connectivity index (χ0n) is 13.5. The molecule has 1 N–H and O–H groups in total. The van der Waals surface area contributed by atoms with Gasteiger partial charge in [-0.15, -0.1) is 0 Å². The number of nitrogens with one attached hydrogen (secondary N) is 1. The van der Waals surface area contributed by atoms with Gasteiger partial charge in [0.1, 0.15) is 0 Å². The van der Waals surface area contributed by atoms with Gasteiger partial charge in [0.25, 0.3) is 0 Å². The van der Waals surface area contributed by atoms with E-state index in [1.165, 1.54) is 12.7 Å². The van der Waals surface area contributed by atoms with E-state index in [0.717, 1.165) is 32.0 Å². The predicted octanol–water partition coefficient (Wildman–Crippen LogP) is 1.48. The van der Waals surface area contributed by atoms with Crippen LogP contribution in [0.1, 0.15) is 11.6 Å². The van der Waals surface area contributed by atoms with E-state index in [1.807, 2.05) is 14.1 Å². The van der Waals surface area contributed by atoms with Gasteiger partial charge in [-0.25, -0.2) is 4.79 Å². The predicted molar refractivity (Wildman–Crippen MR) is 86.3 cm³/mol. The third-order valence-corrected chi connectivity index (χ3v) is 3.91. The van der Waals surface area contributed by atoms with Crippen molar-refractivity contribution < 1.29 is 14.3 Å². The number of hydrogen-bond acceptors (Lipinski definition) is 5. The van der Waals surface area contributed by atoms with Crippen LogP contribution in [-0.2, 0) is 9.47 Å². The van der Waals surface area contributed by atoms with Crippen LogP contribution in [0.3, 0.4) is 0 Å². The molecule has 0 unspecified atom stereocenters. The highest BCUT2D eigenvalue weighted by Gasteiger charge is 2.23. The summed E-state index contributed by atoms with van der Waals surface area (Å²) in [6, 6.07) is 8.56. The van der Waals surface area contributed by atoms with E-state index < -0.39 is 6.09 Å². The minimum atomic E-state index is -0.400. The molecule has 1 heterocycles. The number of hydrogen-bond donors (Lipinski definition) is 1. The van der Waals surface area contributed by atoms with Gasteiger partial charge in [-0.2, -0.15) is 0 Å². The number of anilines is 1. The summed E-state index contributed by atoms with van der Waals surface area (Å²) >= 11 is 0. The Bertz CT molecular complexity index is 470. The molecule has 0 radical (unpaired) electrons. The molecule has 6 heteroatoms. The maximum Gasteiger partial charge on any atom is 0.406 e. The van der Waals surface area contributed by atoms with Crippen LogP contribution in [-0.4, -0.2) is 65.0 Å². The van der Waals surface area contributed by atoms with Gasteiger partial charge in [0, 0.05) is 39.4 Å². The Hall–Kier alpha value is -1.79. The smallest absolute Gasteiger partial charge is 0.406 e. The van der Waals surface area contributed by atoms with E-state index in [0.29, 0.717) is 6.54 Å². The number of morpholine rings is 1. The number of amides is 1. The minimum Gasteiger partial charge on any atom is -0.453 e. The van der Waals surface area contributed by atoms with Crippen molar-refractivity contribution in [2.75, 3.05) is 59.0 Å². The standard InChI is InChI=1S/C16H25N3O3/c1-18(2)14-6-4-13(5-7-14)15(12-17-16(20)21-3)19-8-10-22-11-9-19/h4-7,15H,8-12H2,1-3H3,(H,17,20)/t15-/m1/s1. The highest BCUT2D eigenvalue weighted by atomic mass is 16.5. The van der Waals surface area contributed by atoms with Gasteiger partial charge >= 0.3 is 6.09 Å². The van der Waals surface area contributed by atoms with Crippen LogP contribution in [0, 0.1) is 0 Å². The third kappa shape index (κ3) is 4.35. The van der Waals surface area contributed by atoms with Crippen LogP contribution in [0.15, 0.2) is 24.3 Å². The molecule has 0 aliphatic carbocycles. The summed E-state index contributed by atoms with van der Waals surface area (Å²) in [6.45, 7) is 3.70. The molecule has 6 nitrogen and oxygen atoms in total. The molecule has 0 bridgehead atoms. The molecule has 1 aromatic rings. The van der Waals surface area contributed by atoms with E-state index in [2.05, 4.69) is 44.1 Å². The highest BCUT2D eigenvalue weighted by Crippen LogP contribution is 2.23. The monoisotopic (exact) mass is 307 g/mol. The normalized spacial score (nSPS) is 16.9. The number of rotatable bonds is 5. The minimum absolute atomic E-state index is 0.124. The zero-order chi connectivity index (χ0) is 15.9. The topological polar surface area (TPSA) is 54.0 Å². The molecule has 0 saturated carbocycles. The lowest BCUT2D eigenvalue weighted by atomic mass is 10.0. The van der Waals surface area contributed by atoms with E-state index in [9.17, 15) is 4.79 Å². The van der Waals surface area contributed by atoms with E-state index >= 15 is 0 Å². The van der Waals surface area contributed by atoms with Crippen molar-refractivity contribution in [1.29, 1.82) is 0 Å². The first kappa shape index (κ1) is 16.6. The van der Waals surface area contributed by atoms with Crippen molar-refractivity contribution in [3.63, 3.8) is 0 Å². The lowest BCUT2D eigenvalue weighted by Gasteiger charge is -2.35. The van der Waals surface area contributed by atoms with Gasteiger partial charge in [-0.05, 0) is 17.7 Å². The van der Waals surface area contributed by atoms with Crippen molar-refractivity contribution in [2.45, 2.75) is 6.04 Å². The van der Waals surface area contributed by atoms with Crippen molar-refractivity contribution in [3.05, 3.63) is 29.8 Å². The average molecular weight is 307 g/mol. The molecular formula is C16H25N3O3. The van der Waals surface area contributed by atoms with Gasteiger partial charge in [0.15, 0.2) is 0 Å². The van der Waals surface area contributed by atoms with Gasteiger partial charge in [-0.1, -0.05) is 12.1 Å². The number of ether oxygens (including phenoxy) is 2. The van der Waals surface area contributed by atoms with Crippen LogP contribution in [0.5, 0.6) is 0 Å². The van der Waals surface area contributed by atoms with Crippen LogP contribution in [0.25, 0.3) is 0 Å². The van der Waals surface area contributed by atoms with Gasteiger partial charge < -0.3 is 19.7 Å². The van der Waals surface area contributed by atoms with Crippen LogP contribution in [0.4, 0.5) is 10.5 Å². The van der Waals surface area contributed by atoms with Crippen LogP contribution < -0.4 is 10.2 Å². The van der Waals surface area contributed by atoms with Crippen molar-refractivity contribution >= 4 is 11.8 Å². The number of alkyl carbamates (subject to hydrolysis) is 1. The maximum absolute atomic E-state index is 11.4. The summed E-state index contributed by atoms with van der Waals surface area (Å²) in [5, 5.41) is 2.81. The second kappa shape index (κ2) is 8.00. The van der Waals surface area contributed by atoms with Crippen molar-refractivity contribution in [2.24, 2.45) is 0 Å². The first-order chi connectivity index (χ1) is 10.6. The molecule has 2 rings (SSSR count). The Balaban J connectivity index is 2.12. The van der Waals surface area contributed by atoms with Gasteiger partial charge in [0.05, 0.1) is 26.4 Å². The second-order valence-electron chi connectivity index (χ2n) is 5.52. The Morgan fingerprint density at radius 2 is 1.95 bits per heavy atom. The molecule has 1 saturated heterocycles.